The van der Waals surface area contributed by atoms with Crippen molar-refractivity contribution in [3.8, 4) is 0 Å². The van der Waals surface area contributed by atoms with E-state index in [0.717, 1.165) is 19.0 Å². The lowest BCUT2D eigenvalue weighted by Crippen LogP contribution is -2.57. The van der Waals surface area contributed by atoms with Crippen molar-refractivity contribution in [2.45, 2.75) is 25.1 Å². The molecule has 0 aromatic heterocycles. The molecule has 7 heteroatoms. The highest BCUT2D eigenvalue weighted by Gasteiger charge is 2.40. The zero-order valence-corrected chi connectivity index (χ0v) is 16.6. The minimum absolute atomic E-state index is 0.166. The molecule has 0 radical (unpaired) electrons. The number of nitrogens with zero attached hydrogens (tertiary/aromatic N) is 3. The quantitative estimate of drug-likeness (QED) is 0.494. The van der Waals surface area contributed by atoms with Gasteiger partial charge >= 0.3 is 0 Å². The average Bonchev–Trinajstić information content (AvgIpc) is 3.13. The number of rotatable bonds is 3. The van der Waals surface area contributed by atoms with Gasteiger partial charge in [-0.1, -0.05) is 24.3 Å². The summed E-state index contributed by atoms with van der Waals surface area (Å²) in [6.45, 7) is 7.11. The summed E-state index contributed by atoms with van der Waals surface area (Å²) >= 11 is 0. The Morgan fingerprint density at radius 2 is 1.85 bits per heavy atom. The van der Waals surface area contributed by atoms with Gasteiger partial charge in [0.15, 0.2) is 15.8 Å². The fraction of sp³-hybridized carbons (Fsp3) is 0.526. The van der Waals surface area contributed by atoms with E-state index in [1.54, 1.807) is 20.9 Å². The van der Waals surface area contributed by atoms with Crippen LogP contribution in [0.3, 0.4) is 0 Å². The van der Waals surface area contributed by atoms with Crippen molar-refractivity contribution in [3.05, 3.63) is 42.0 Å². The highest BCUT2D eigenvalue weighted by Crippen LogP contribution is 2.24. The standard InChI is InChI=1S/C19H28N4O2S/c1-19(2)15-23(12-13-26(19,24)25)18(20-3)21-14-16-6-8-17(9-7-16)22-10-4-5-11-22/h4-9H,10-15H2,1-3H3,(H,20,21). The molecule has 0 saturated carbocycles. The predicted octanol–water partition coefficient (Wildman–Crippen LogP) is 1.65. The summed E-state index contributed by atoms with van der Waals surface area (Å²) in [5, 5.41) is 3.36. The first-order chi connectivity index (χ1) is 12.3. The topological polar surface area (TPSA) is 65.0 Å². The molecule has 2 aliphatic rings. The van der Waals surface area contributed by atoms with E-state index in [0.29, 0.717) is 19.6 Å². The predicted molar refractivity (Wildman–Crippen MR) is 107 cm³/mol. The number of guanidine groups is 1. The van der Waals surface area contributed by atoms with Crippen molar-refractivity contribution in [2.75, 3.05) is 43.9 Å². The van der Waals surface area contributed by atoms with E-state index >= 15 is 0 Å². The lowest BCUT2D eigenvalue weighted by atomic mass is 10.2. The molecule has 0 bridgehead atoms. The molecule has 26 heavy (non-hydrogen) atoms. The highest BCUT2D eigenvalue weighted by molar-refractivity contribution is 7.92. The molecule has 3 rings (SSSR count). The summed E-state index contributed by atoms with van der Waals surface area (Å²) in [7, 11) is -1.31. The first-order valence-corrected chi connectivity index (χ1v) is 10.6. The second kappa shape index (κ2) is 7.31. The summed E-state index contributed by atoms with van der Waals surface area (Å²) in [5.41, 5.74) is 2.40. The number of sulfone groups is 1. The molecule has 0 aliphatic carbocycles. The summed E-state index contributed by atoms with van der Waals surface area (Å²) < 4.78 is 23.6. The van der Waals surface area contributed by atoms with E-state index in [9.17, 15) is 8.42 Å². The minimum Gasteiger partial charge on any atom is -0.364 e. The van der Waals surface area contributed by atoms with Crippen LogP contribution < -0.4 is 10.2 Å². The van der Waals surface area contributed by atoms with Gasteiger partial charge in [0.1, 0.15) is 0 Å². The minimum atomic E-state index is -3.05. The Morgan fingerprint density at radius 1 is 1.19 bits per heavy atom. The van der Waals surface area contributed by atoms with Crippen LogP contribution in [0.1, 0.15) is 19.4 Å². The Morgan fingerprint density at radius 3 is 2.42 bits per heavy atom. The van der Waals surface area contributed by atoms with E-state index in [-0.39, 0.29) is 5.75 Å². The van der Waals surface area contributed by atoms with E-state index in [2.05, 4.69) is 51.6 Å². The SMILES string of the molecule is CN=C(NCc1ccc(N2CC=CC2)cc1)N1CCS(=O)(=O)C(C)(C)C1. The van der Waals surface area contributed by atoms with Crippen LogP contribution in [0, 0.1) is 0 Å². The maximum absolute atomic E-state index is 12.2. The third-order valence-electron chi connectivity index (χ3n) is 5.13. The van der Waals surface area contributed by atoms with Crippen molar-refractivity contribution < 1.29 is 8.42 Å². The number of hydrogen-bond donors (Lipinski definition) is 1. The van der Waals surface area contributed by atoms with Crippen molar-refractivity contribution in [1.82, 2.24) is 10.2 Å². The number of nitrogens with one attached hydrogen (secondary N) is 1. The third-order valence-corrected chi connectivity index (χ3v) is 7.66. The summed E-state index contributed by atoms with van der Waals surface area (Å²) in [5.74, 6) is 0.917. The molecule has 142 valence electrons. The Hall–Kier alpha value is -2.02. The molecule has 1 aromatic carbocycles. The van der Waals surface area contributed by atoms with Gasteiger partial charge in [-0.15, -0.1) is 0 Å². The zero-order chi connectivity index (χ0) is 18.8. The summed E-state index contributed by atoms with van der Waals surface area (Å²) in [6.07, 6.45) is 4.36. The van der Waals surface area contributed by atoms with Gasteiger partial charge < -0.3 is 15.1 Å². The Balaban J connectivity index is 1.59. The average molecular weight is 377 g/mol. The van der Waals surface area contributed by atoms with Crippen LogP contribution in [-0.2, 0) is 16.4 Å². The summed E-state index contributed by atoms with van der Waals surface area (Å²) in [4.78, 5) is 8.69. The van der Waals surface area contributed by atoms with Crippen molar-refractivity contribution in [3.63, 3.8) is 0 Å². The van der Waals surface area contributed by atoms with Gasteiger partial charge in [0.2, 0.25) is 0 Å². The Kier molecular flexibility index (Phi) is 5.27. The van der Waals surface area contributed by atoms with E-state index in [4.69, 9.17) is 0 Å². The molecule has 0 amide bonds. The van der Waals surface area contributed by atoms with Gasteiger partial charge in [-0.2, -0.15) is 0 Å². The number of benzene rings is 1. The van der Waals surface area contributed by atoms with Crippen LogP contribution in [0.5, 0.6) is 0 Å². The first kappa shape index (κ1) is 18.8. The van der Waals surface area contributed by atoms with Crippen LogP contribution in [0.25, 0.3) is 0 Å². The molecule has 2 aliphatic heterocycles. The molecule has 1 saturated heterocycles. The van der Waals surface area contributed by atoms with Crippen molar-refractivity contribution in [1.29, 1.82) is 0 Å². The number of hydrogen-bond acceptors (Lipinski definition) is 4. The molecule has 1 N–H and O–H groups in total. The Labute approximate surface area is 156 Å². The molecule has 1 fully saturated rings. The fourth-order valence-electron chi connectivity index (χ4n) is 3.35. The third kappa shape index (κ3) is 3.87. The van der Waals surface area contributed by atoms with E-state index in [1.807, 2.05) is 4.90 Å². The van der Waals surface area contributed by atoms with Gasteiger partial charge in [-0.3, -0.25) is 4.99 Å². The van der Waals surface area contributed by atoms with Crippen LogP contribution in [0.4, 0.5) is 5.69 Å². The van der Waals surface area contributed by atoms with E-state index < -0.39 is 14.6 Å². The van der Waals surface area contributed by atoms with Crippen LogP contribution in [0.2, 0.25) is 0 Å². The lowest BCUT2D eigenvalue weighted by Gasteiger charge is -2.39. The van der Waals surface area contributed by atoms with Gasteiger partial charge in [0, 0.05) is 45.5 Å². The largest absolute Gasteiger partial charge is 0.364 e. The molecule has 6 nitrogen and oxygen atoms in total. The van der Waals surface area contributed by atoms with Gasteiger partial charge in [-0.25, -0.2) is 8.42 Å². The Bertz CT molecular complexity index is 789. The second-order valence-electron chi connectivity index (χ2n) is 7.44. The van der Waals surface area contributed by atoms with Crippen molar-refractivity contribution >= 4 is 21.5 Å². The summed E-state index contributed by atoms with van der Waals surface area (Å²) in [6, 6.07) is 8.53. The van der Waals surface area contributed by atoms with Crippen molar-refractivity contribution in [2.24, 2.45) is 4.99 Å². The molecular formula is C19H28N4O2S. The fourth-order valence-corrected chi connectivity index (χ4v) is 4.72. The van der Waals surface area contributed by atoms with Crippen LogP contribution in [-0.4, -0.2) is 63.0 Å². The first-order valence-electron chi connectivity index (χ1n) is 8.99. The van der Waals surface area contributed by atoms with Gasteiger partial charge in [0.05, 0.1) is 10.5 Å². The molecule has 0 spiro atoms. The number of anilines is 1. The van der Waals surface area contributed by atoms with Gasteiger partial charge in [0.25, 0.3) is 0 Å². The molecular weight excluding hydrogens is 348 g/mol. The molecule has 2 heterocycles. The number of aliphatic imine (C=N–C) groups is 1. The lowest BCUT2D eigenvalue weighted by molar-refractivity contribution is 0.353. The second-order valence-corrected chi connectivity index (χ2v) is 10.2. The normalized spacial score (nSPS) is 21.9. The molecule has 0 unspecified atom stereocenters. The highest BCUT2D eigenvalue weighted by atomic mass is 32.2. The zero-order valence-electron chi connectivity index (χ0n) is 15.8. The van der Waals surface area contributed by atoms with Gasteiger partial charge in [-0.05, 0) is 31.5 Å². The molecule has 0 atom stereocenters. The van der Waals surface area contributed by atoms with Crippen LogP contribution >= 0.6 is 0 Å². The van der Waals surface area contributed by atoms with Crippen LogP contribution in [0.15, 0.2) is 41.4 Å². The van der Waals surface area contributed by atoms with E-state index in [1.165, 1.54) is 11.3 Å². The maximum Gasteiger partial charge on any atom is 0.193 e. The smallest absolute Gasteiger partial charge is 0.193 e. The monoisotopic (exact) mass is 376 g/mol. The maximum atomic E-state index is 12.2. The molecule has 1 aromatic rings.